The van der Waals surface area contributed by atoms with Crippen molar-refractivity contribution in [3.05, 3.63) is 20.7 Å². The Morgan fingerprint density at radius 1 is 1.33 bits per heavy atom. The standard InChI is InChI=1S/C12H17N3O5S/c1-12(2,4-9(17)18)3-8(16)15-10(19)13-5-7-6-21-11(20)14-7/h6H,3-5H2,1-2H3,(H,14,20)(H,17,18)(H2,13,15,16,19). The van der Waals surface area contributed by atoms with Gasteiger partial charge >= 0.3 is 16.9 Å². The molecule has 8 nitrogen and oxygen atoms in total. The van der Waals surface area contributed by atoms with Crippen molar-refractivity contribution >= 4 is 29.2 Å². The van der Waals surface area contributed by atoms with Gasteiger partial charge in [-0.3, -0.25) is 19.7 Å². The van der Waals surface area contributed by atoms with E-state index in [4.69, 9.17) is 5.11 Å². The number of imide groups is 1. The third-order valence-corrected chi connectivity index (χ3v) is 3.25. The lowest BCUT2D eigenvalue weighted by Gasteiger charge is -2.21. The number of carbonyl (C=O) groups is 3. The van der Waals surface area contributed by atoms with E-state index in [2.05, 4.69) is 15.6 Å². The first kappa shape index (κ1) is 16.9. The first-order valence-corrected chi connectivity index (χ1v) is 7.02. The number of nitrogens with one attached hydrogen (secondary N) is 3. The molecule has 0 aliphatic carbocycles. The van der Waals surface area contributed by atoms with Crippen LogP contribution in [0.1, 0.15) is 32.4 Å². The van der Waals surface area contributed by atoms with Crippen LogP contribution < -0.4 is 15.5 Å². The number of aliphatic carboxylic acids is 1. The van der Waals surface area contributed by atoms with Gasteiger partial charge in [0.05, 0.1) is 13.0 Å². The number of amides is 3. The second-order valence-corrected chi connectivity index (χ2v) is 6.16. The first-order chi connectivity index (χ1) is 9.68. The highest BCUT2D eigenvalue weighted by atomic mass is 32.1. The van der Waals surface area contributed by atoms with Crippen molar-refractivity contribution in [2.75, 3.05) is 0 Å². The smallest absolute Gasteiger partial charge is 0.321 e. The number of aromatic nitrogens is 1. The van der Waals surface area contributed by atoms with Gasteiger partial charge in [-0.25, -0.2) is 4.79 Å². The van der Waals surface area contributed by atoms with E-state index in [0.29, 0.717) is 5.69 Å². The van der Waals surface area contributed by atoms with E-state index in [1.165, 1.54) is 0 Å². The minimum absolute atomic E-state index is 0.0813. The summed E-state index contributed by atoms with van der Waals surface area (Å²) >= 11 is 0.978. The number of urea groups is 1. The summed E-state index contributed by atoms with van der Waals surface area (Å²) in [5.41, 5.74) is -0.201. The Bertz CT molecular complexity index is 590. The highest BCUT2D eigenvalue weighted by Crippen LogP contribution is 2.24. The van der Waals surface area contributed by atoms with Crippen LogP contribution in [0.15, 0.2) is 10.2 Å². The minimum atomic E-state index is -1.00. The van der Waals surface area contributed by atoms with Crippen LogP contribution in [0.4, 0.5) is 4.79 Å². The fraction of sp³-hybridized carbons (Fsp3) is 0.500. The first-order valence-electron chi connectivity index (χ1n) is 6.14. The molecule has 0 saturated carbocycles. The molecule has 9 heteroatoms. The molecule has 1 rings (SSSR count). The van der Waals surface area contributed by atoms with Crippen LogP contribution in [0.3, 0.4) is 0 Å². The largest absolute Gasteiger partial charge is 0.481 e. The maximum atomic E-state index is 11.6. The third-order valence-electron chi connectivity index (χ3n) is 2.53. The van der Waals surface area contributed by atoms with E-state index >= 15 is 0 Å². The Morgan fingerprint density at radius 3 is 2.52 bits per heavy atom. The van der Waals surface area contributed by atoms with Gasteiger partial charge in [0, 0.05) is 17.5 Å². The summed E-state index contributed by atoms with van der Waals surface area (Å²) < 4.78 is 0. The van der Waals surface area contributed by atoms with E-state index < -0.39 is 23.3 Å². The second-order valence-electron chi connectivity index (χ2n) is 5.32. The molecule has 0 radical (unpaired) electrons. The number of aromatic amines is 1. The van der Waals surface area contributed by atoms with E-state index in [1.807, 2.05) is 0 Å². The van der Waals surface area contributed by atoms with Gasteiger partial charge in [-0.05, 0) is 5.41 Å². The minimum Gasteiger partial charge on any atom is -0.481 e. The van der Waals surface area contributed by atoms with Gasteiger partial charge in [-0.15, -0.1) is 0 Å². The van der Waals surface area contributed by atoms with E-state index in [9.17, 15) is 19.2 Å². The summed E-state index contributed by atoms with van der Waals surface area (Å²) in [6.07, 6.45) is -0.250. The van der Waals surface area contributed by atoms with E-state index in [0.717, 1.165) is 11.3 Å². The molecule has 21 heavy (non-hydrogen) atoms. The summed E-state index contributed by atoms with van der Waals surface area (Å²) in [6.45, 7) is 3.36. The molecule has 0 aromatic carbocycles. The second kappa shape index (κ2) is 7.02. The quantitative estimate of drug-likeness (QED) is 0.613. The molecule has 0 bridgehead atoms. The van der Waals surface area contributed by atoms with E-state index in [-0.39, 0.29) is 24.3 Å². The van der Waals surface area contributed by atoms with Crippen molar-refractivity contribution in [1.82, 2.24) is 15.6 Å². The molecule has 0 spiro atoms. The van der Waals surface area contributed by atoms with Crippen LogP contribution in [-0.2, 0) is 16.1 Å². The zero-order valence-electron chi connectivity index (χ0n) is 11.7. The van der Waals surface area contributed by atoms with Crippen molar-refractivity contribution in [2.24, 2.45) is 5.41 Å². The summed E-state index contributed by atoms with van der Waals surface area (Å²) in [5, 5.41) is 14.8. The van der Waals surface area contributed by atoms with Gasteiger partial charge in [0.15, 0.2) is 0 Å². The van der Waals surface area contributed by atoms with Crippen LogP contribution in [0.5, 0.6) is 0 Å². The van der Waals surface area contributed by atoms with Crippen LogP contribution in [0.2, 0.25) is 0 Å². The molecular formula is C12H17N3O5S. The molecule has 0 saturated heterocycles. The zero-order valence-corrected chi connectivity index (χ0v) is 12.5. The van der Waals surface area contributed by atoms with Crippen LogP contribution in [0.25, 0.3) is 0 Å². The summed E-state index contributed by atoms with van der Waals surface area (Å²) in [4.78, 5) is 47.0. The lowest BCUT2D eigenvalue weighted by atomic mass is 9.85. The molecule has 3 amide bonds. The Labute approximate surface area is 124 Å². The number of carbonyl (C=O) groups excluding carboxylic acids is 2. The molecule has 0 aliphatic heterocycles. The monoisotopic (exact) mass is 315 g/mol. The van der Waals surface area contributed by atoms with Gasteiger partial charge in [-0.2, -0.15) is 0 Å². The molecule has 1 aromatic heterocycles. The Kier molecular flexibility index (Phi) is 5.65. The third kappa shape index (κ3) is 6.70. The van der Waals surface area contributed by atoms with Gasteiger partial charge in [0.2, 0.25) is 5.91 Å². The zero-order chi connectivity index (χ0) is 16.0. The molecule has 0 aliphatic rings. The van der Waals surface area contributed by atoms with E-state index in [1.54, 1.807) is 19.2 Å². The fourth-order valence-electron chi connectivity index (χ4n) is 1.70. The van der Waals surface area contributed by atoms with Gasteiger partial charge in [0.25, 0.3) is 0 Å². The number of carboxylic acid groups (broad SMARTS) is 1. The summed E-state index contributed by atoms with van der Waals surface area (Å²) in [6, 6.07) is -0.696. The number of rotatable bonds is 6. The van der Waals surface area contributed by atoms with Gasteiger partial charge in [-0.1, -0.05) is 25.2 Å². The highest BCUT2D eigenvalue weighted by molar-refractivity contribution is 7.07. The van der Waals surface area contributed by atoms with Gasteiger partial charge < -0.3 is 15.4 Å². The van der Waals surface area contributed by atoms with Crippen LogP contribution in [-0.4, -0.2) is 28.0 Å². The maximum Gasteiger partial charge on any atom is 0.321 e. The topological polar surface area (TPSA) is 128 Å². The predicted octanol–water partition coefficient (Wildman–Crippen LogP) is 0.653. The van der Waals surface area contributed by atoms with Gasteiger partial charge in [0.1, 0.15) is 0 Å². The highest BCUT2D eigenvalue weighted by Gasteiger charge is 2.25. The average molecular weight is 315 g/mol. The Morgan fingerprint density at radius 2 is 2.00 bits per heavy atom. The number of carboxylic acids is 1. The predicted molar refractivity (Wildman–Crippen MR) is 76.0 cm³/mol. The molecular weight excluding hydrogens is 298 g/mol. The molecule has 1 aromatic rings. The molecule has 116 valence electrons. The lowest BCUT2D eigenvalue weighted by molar-refractivity contribution is -0.139. The summed E-state index contributed by atoms with van der Waals surface area (Å²) in [5.74, 6) is -1.56. The Hall–Kier alpha value is -2.16. The van der Waals surface area contributed by atoms with Crippen molar-refractivity contribution < 1.29 is 19.5 Å². The van der Waals surface area contributed by atoms with Crippen LogP contribution >= 0.6 is 11.3 Å². The average Bonchev–Trinajstić information content (AvgIpc) is 2.69. The summed E-state index contributed by atoms with van der Waals surface area (Å²) in [7, 11) is 0. The Balaban J connectivity index is 2.38. The van der Waals surface area contributed by atoms with Crippen molar-refractivity contribution in [2.45, 2.75) is 33.2 Å². The molecule has 4 N–H and O–H groups in total. The number of hydrogen-bond donors (Lipinski definition) is 4. The lowest BCUT2D eigenvalue weighted by Crippen LogP contribution is -2.41. The molecule has 1 heterocycles. The molecule has 0 atom stereocenters. The van der Waals surface area contributed by atoms with Crippen molar-refractivity contribution in [1.29, 1.82) is 0 Å². The molecule has 0 unspecified atom stereocenters. The fourth-order valence-corrected chi connectivity index (χ4v) is 2.28. The maximum absolute atomic E-state index is 11.6. The van der Waals surface area contributed by atoms with Crippen molar-refractivity contribution in [3.8, 4) is 0 Å². The SMILES string of the molecule is CC(C)(CC(=O)O)CC(=O)NC(=O)NCc1csc(=O)[nH]1. The van der Waals surface area contributed by atoms with Crippen LogP contribution in [0, 0.1) is 5.41 Å². The molecule has 0 fully saturated rings. The number of thiazole rings is 1. The van der Waals surface area contributed by atoms with Crippen molar-refractivity contribution in [3.63, 3.8) is 0 Å². The number of H-pyrrole nitrogens is 1. The normalized spacial score (nSPS) is 11.0. The number of hydrogen-bond acceptors (Lipinski definition) is 5.